The molecule has 1 aromatic carbocycles. The van der Waals surface area contributed by atoms with Crippen LogP contribution in [0.4, 0.5) is 4.79 Å². The van der Waals surface area contributed by atoms with E-state index in [4.69, 9.17) is 4.74 Å². The van der Waals surface area contributed by atoms with Gasteiger partial charge in [-0.2, -0.15) is 0 Å². The minimum Gasteiger partial charge on any atom is -0.494 e. The Hall–Kier alpha value is -1.71. The van der Waals surface area contributed by atoms with Crippen LogP contribution in [0.1, 0.15) is 32.3 Å². The number of carbonyl (C=O) groups is 1. The van der Waals surface area contributed by atoms with Gasteiger partial charge in [0.05, 0.1) is 6.61 Å². The second-order valence-corrected chi connectivity index (χ2v) is 4.10. The molecule has 0 aliphatic carbocycles. The van der Waals surface area contributed by atoms with Crippen LogP contribution in [-0.2, 0) is 6.54 Å². The molecular weight excluding hydrogens is 228 g/mol. The van der Waals surface area contributed by atoms with Gasteiger partial charge in [-0.15, -0.1) is 0 Å². The number of nitrogens with one attached hydrogen (secondary N) is 2. The van der Waals surface area contributed by atoms with Gasteiger partial charge in [0.1, 0.15) is 5.75 Å². The van der Waals surface area contributed by atoms with Gasteiger partial charge in [0.2, 0.25) is 0 Å². The van der Waals surface area contributed by atoms with Gasteiger partial charge in [0, 0.05) is 13.1 Å². The predicted molar refractivity (Wildman–Crippen MR) is 72.8 cm³/mol. The fourth-order valence-corrected chi connectivity index (χ4v) is 1.41. The van der Waals surface area contributed by atoms with Crippen molar-refractivity contribution in [1.29, 1.82) is 0 Å². The first-order valence-electron chi connectivity index (χ1n) is 6.49. The Morgan fingerprint density at radius 2 is 1.83 bits per heavy atom. The van der Waals surface area contributed by atoms with Crippen molar-refractivity contribution in [1.82, 2.24) is 10.6 Å². The van der Waals surface area contributed by atoms with Crippen molar-refractivity contribution in [3.8, 4) is 5.75 Å². The van der Waals surface area contributed by atoms with E-state index in [9.17, 15) is 4.79 Å². The van der Waals surface area contributed by atoms with Crippen LogP contribution in [0.15, 0.2) is 24.3 Å². The van der Waals surface area contributed by atoms with Gasteiger partial charge in [-0.3, -0.25) is 0 Å². The number of urea groups is 1. The lowest BCUT2D eigenvalue weighted by atomic mass is 10.2. The Kier molecular flexibility index (Phi) is 6.69. The van der Waals surface area contributed by atoms with Gasteiger partial charge < -0.3 is 15.4 Å². The molecule has 0 unspecified atom stereocenters. The molecule has 0 bridgehead atoms. The monoisotopic (exact) mass is 250 g/mol. The minimum atomic E-state index is -0.122. The van der Waals surface area contributed by atoms with Gasteiger partial charge >= 0.3 is 6.03 Å². The van der Waals surface area contributed by atoms with Gasteiger partial charge in [0.15, 0.2) is 0 Å². The van der Waals surface area contributed by atoms with Crippen molar-refractivity contribution >= 4 is 6.03 Å². The number of hydrogen-bond acceptors (Lipinski definition) is 2. The van der Waals surface area contributed by atoms with Crippen LogP contribution in [0.2, 0.25) is 0 Å². The van der Waals surface area contributed by atoms with Gasteiger partial charge in [-0.25, -0.2) is 4.79 Å². The van der Waals surface area contributed by atoms with Crippen molar-refractivity contribution in [2.45, 2.75) is 33.2 Å². The molecule has 2 N–H and O–H groups in total. The minimum absolute atomic E-state index is 0.122. The summed E-state index contributed by atoms with van der Waals surface area (Å²) in [6.07, 6.45) is 1.94. The lowest BCUT2D eigenvalue weighted by Gasteiger charge is -2.08. The van der Waals surface area contributed by atoms with E-state index in [0.717, 1.165) is 30.8 Å². The summed E-state index contributed by atoms with van der Waals surface area (Å²) in [5, 5.41) is 5.57. The van der Waals surface area contributed by atoms with Crippen molar-refractivity contribution in [2.24, 2.45) is 0 Å². The summed E-state index contributed by atoms with van der Waals surface area (Å²) in [5.41, 5.74) is 1.06. The van der Waals surface area contributed by atoms with Crippen LogP contribution in [0, 0.1) is 0 Å². The highest BCUT2D eigenvalue weighted by Crippen LogP contribution is 2.12. The van der Waals surface area contributed by atoms with E-state index < -0.39 is 0 Å². The second-order valence-electron chi connectivity index (χ2n) is 4.10. The summed E-state index contributed by atoms with van der Waals surface area (Å²) in [7, 11) is 0. The summed E-state index contributed by atoms with van der Waals surface area (Å²) in [6, 6.07) is 7.66. The van der Waals surface area contributed by atoms with Crippen LogP contribution in [-0.4, -0.2) is 19.2 Å². The van der Waals surface area contributed by atoms with E-state index in [0.29, 0.717) is 13.1 Å². The molecular formula is C14H22N2O2. The Bertz CT molecular complexity index is 349. The van der Waals surface area contributed by atoms with Crippen LogP contribution in [0.3, 0.4) is 0 Å². The third kappa shape index (κ3) is 5.57. The summed E-state index contributed by atoms with van der Waals surface area (Å²) in [5.74, 6) is 0.871. The summed E-state index contributed by atoms with van der Waals surface area (Å²) in [4.78, 5) is 11.3. The number of benzene rings is 1. The third-order valence-corrected chi connectivity index (χ3v) is 2.38. The number of rotatable bonds is 7. The molecule has 0 fully saturated rings. The van der Waals surface area contributed by atoms with Crippen LogP contribution in [0.5, 0.6) is 5.75 Å². The lowest BCUT2D eigenvalue weighted by molar-refractivity contribution is 0.240. The summed E-state index contributed by atoms with van der Waals surface area (Å²) in [6.45, 7) is 6.07. The molecule has 18 heavy (non-hydrogen) atoms. The second kappa shape index (κ2) is 8.39. The molecule has 1 aromatic rings. The van der Waals surface area contributed by atoms with Crippen molar-refractivity contribution < 1.29 is 9.53 Å². The van der Waals surface area contributed by atoms with Gasteiger partial charge in [-0.05, 0) is 30.5 Å². The lowest BCUT2D eigenvalue weighted by Crippen LogP contribution is -2.35. The topological polar surface area (TPSA) is 50.4 Å². The van der Waals surface area contributed by atoms with Crippen molar-refractivity contribution in [2.75, 3.05) is 13.2 Å². The largest absolute Gasteiger partial charge is 0.494 e. The molecule has 0 saturated carbocycles. The zero-order valence-electron chi connectivity index (χ0n) is 11.2. The average molecular weight is 250 g/mol. The van der Waals surface area contributed by atoms with Gasteiger partial charge in [0.25, 0.3) is 0 Å². The number of hydrogen-bond donors (Lipinski definition) is 2. The maximum atomic E-state index is 11.3. The maximum Gasteiger partial charge on any atom is 0.315 e. The first kappa shape index (κ1) is 14.4. The highest BCUT2D eigenvalue weighted by molar-refractivity contribution is 5.73. The molecule has 2 amide bonds. The quantitative estimate of drug-likeness (QED) is 0.781. The van der Waals surface area contributed by atoms with Crippen LogP contribution < -0.4 is 15.4 Å². The van der Waals surface area contributed by atoms with E-state index in [1.165, 1.54) is 0 Å². The molecule has 0 aliphatic heterocycles. The molecule has 100 valence electrons. The Morgan fingerprint density at radius 1 is 1.11 bits per heavy atom. The molecule has 0 radical (unpaired) electrons. The zero-order chi connectivity index (χ0) is 13.2. The SMILES string of the molecule is CCCNC(=O)NCc1ccc(OCCC)cc1. The highest BCUT2D eigenvalue weighted by atomic mass is 16.5. The van der Waals surface area contributed by atoms with Crippen molar-refractivity contribution in [3.63, 3.8) is 0 Å². The zero-order valence-corrected chi connectivity index (χ0v) is 11.2. The number of amides is 2. The molecule has 0 aliphatic rings. The Balaban J connectivity index is 2.32. The number of carbonyl (C=O) groups excluding carboxylic acids is 1. The Morgan fingerprint density at radius 3 is 2.44 bits per heavy atom. The fourth-order valence-electron chi connectivity index (χ4n) is 1.41. The Labute approximate surface area is 109 Å². The predicted octanol–water partition coefficient (Wildman–Crippen LogP) is 2.68. The van der Waals surface area contributed by atoms with E-state index >= 15 is 0 Å². The molecule has 0 saturated heterocycles. The first-order chi connectivity index (χ1) is 8.76. The fraction of sp³-hybridized carbons (Fsp3) is 0.500. The highest BCUT2D eigenvalue weighted by Gasteiger charge is 1.99. The summed E-state index contributed by atoms with van der Waals surface area (Å²) >= 11 is 0. The van der Waals surface area contributed by atoms with Gasteiger partial charge in [-0.1, -0.05) is 26.0 Å². The van der Waals surface area contributed by atoms with Crippen LogP contribution in [0.25, 0.3) is 0 Å². The molecule has 0 heterocycles. The van der Waals surface area contributed by atoms with Crippen LogP contribution >= 0.6 is 0 Å². The molecule has 0 atom stereocenters. The average Bonchev–Trinajstić information content (AvgIpc) is 2.41. The molecule has 1 rings (SSSR count). The van der Waals surface area contributed by atoms with E-state index in [2.05, 4.69) is 17.6 Å². The smallest absolute Gasteiger partial charge is 0.315 e. The molecule has 4 heteroatoms. The molecule has 4 nitrogen and oxygen atoms in total. The van der Waals surface area contributed by atoms with E-state index in [1.807, 2.05) is 31.2 Å². The molecule has 0 spiro atoms. The van der Waals surface area contributed by atoms with Crippen molar-refractivity contribution in [3.05, 3.63) is 29.8 Å². The summed E-state index contributed by atoms with van der Waals surface area (Å²) < 4.78 is 5.49. The number of ether oxygens (including phenoxy) is 1. The standard InChI is InChI=1S/C14H22N2O2/c1-3-9-15-14(17)16-11-12-5-7-13(8-6-12)18-10-4-2/h5-8H,3-4,9-11H2,1-2H3,(H2,15,16,17). The first-order valence-corrected chi connectivity index (χ1v) is 6.49. The normalized spacial score (nSPS) is 9.89. The van der Waals surface area contributed by atoms with E-state index in [1.54, 1.807) is 0 Å². The van der Waals surface area contributed by atoms with E-state index in [-0.39, 0.29) is 6.03 Å². The molecule has 0 aromatic heterocycles. The third-order valence-electron chi connectivity index (χ3n) is 2.38. The maximum absolute atomic E-state index is 11.3.